The second kappa shape index (κ2) is 15.2. The molecule has 0 saturated heterocycles. The van der Waals surface area contributed by atoms with Gasteiger partial charge in [-0.15, -0.1) is 0 Å². The Labute approximate surface area is 124 Å². The van der Waals surface area contributed by atoms with Crippen LogP contribution in [0.4, 0.5) is 0 Å². The van der Waals surface area contributed by atoms with E-state index < -0.39 is 0 Å². The van der Waals surface area contributed by atoms with Gasteiger partial charge in [0.05, 0.1) is 46.2 Å². The van der Waals surface area contributed by atoms with E-state index in [1.54, 1.807) is 0 Å². The van der Waals surface area contributed by atoms with Crippen molar-refractivity contribution in [3.05, 3.63) is 0 Å². The molecule has 0 amide bonds. The predicted octanol–water partition coefficient (Wildman–Crippen LogP) is 1.84. The summed E-state index contributed by atoms with van der Waals surface area (Å²) >= 11 is 0. The van der Waals surface area contributed by atoms with Crippen molar-refractivity contribution in [2.45, 2.75) is 39.7 Å². The zero-order chi connectivity index (χ0) is 15.1. The van der Waals surface area contributed by atoms with Gasteiger partial charge in [0.2, 0.25) is 0 Å². The van der Waals surface area contributed by atoms with Crippen LogP contribution >= 0.6 is 0 Å². The van der Waals surface area contributed by atoms with Crippen molar-refractivity contribution in [3.8, 4) is 0 Å². The Hall–Kier alpha value is -0.200. The first-order valence-corrected chi connectivity index (χ1v) is 7.75. The van der Waals surface area contributed by atoms with Gasteiger partial charge in [-0.25, -0.2) is 0 Å². The highest BCUT2D eigenvalue weighted by Crippen LogP contribution is 1.98. The van der Waals surface area contributed by atoms with Crippen LogP contribution in [0, 0.1) is 5.92 Å². The summed E-state index contributed by atoms with van der Waals surface area (Å²) in [4.78, 5) is 0. The van der Waals surface area contributed by atoms with Gasteiger partial charge in [-0.3, -0.25) is 0 Å². The first-order chi connectivity index (χ1) is 9.68. The normalized spacial score (nSPS) is 13.1. The van der Waals surface area contributed by atoms with Gasteiger partial charge in [0.15, 0.2) is 0 Å². The van der Waals surface area contributed by atoms with Crippen LogP contribution in [0.15, 0.2) is 0 Å². The van der Waals surface area contributed by atoms with E-state index in [-0.39, 0.29) is 6.04 Å². The molecule has 0 aromatic carbocycles. The number of ether oxygens (including phenoxy) is 4. The van der Waals surface area contributed by atoms with Gasteiger partial charge in [0.25, 0.3) is 0 Å². The van der Waals surface area contributed by atoms with E-state index in [1.807, 2.05) is 0 Å². The lowest BCUT2D eigenvalue weighted by Gasteiger charge is -2.15. The first-order valence-electron chi connectivity index (χ1n) is 7.75. The van der Waals surface area contributed by atoms with Gasteiger partial charge in [-0.05, 0) is 12.3 Å². The van der Waals surface area contributed by atoms with Crippen LogP contribution in [0.1, 0.15) is 33.6 Å². The Bertz CT molecular complexity index is 191. The molecule has 0 aliphatic rings. The van der Waals surface area contributed by atoms with Crippen LogP contribution in [0.25, 0.3) is 0 Å². The molecule has 0 bridgehead atoms. The largest absolute Gasteiger partial charge is 0.379 e. The van der Waals surface area contributed by atoms with E-state index in [2.05, 4.69) is 20.8 Å². The molecule has 0 fully saturated rings. The average molecular weight is 291 g/mol. The molecular weight excluding hydrogens is 258 g/mol. The quantitative estimate of drug-likeness (QED) is 0.466. The highest BCUT2D eigenvalue weighted by atomic mass is 16.6. The van der Waals surface area contributed by atoms with E-state index in [0.717, 1.165) is 13.0 Å². The SMILES string of the molecule is CCCCOCCOCCOCCOCC(N)C(C)C. The summed E-state index contributed by atoms with van der Waals surface area (Å²) in [7, 11) is 0. The van der Waals surface area contributed by atoms with Crippen LogP contribution in [-0.2, 0) is 18.9 Å². The third-order valence-electron chi connectivity index (χ3n) is 2.92. The molecule has 0 aromatic heterocycles. The Morgan fingerprint density at radius 1 is 0.750 bits per heavy atom. The minimum absolute atomic E-state index is 0.103. The maximum absolute atomic E-state index is 5.86. The summed E-state index contributed by atoms with van der Waals surface area (Å²) in [5.74, 6) is 0.448. The van der Waals surface area contributed by atoms with Crippen molar-refractivity contribution in [1.29, 1.82) is 0 Å². The highest BCUT2D eigenvalue weighted by molar-refractivity contribution is 4.63. The lowest BCUT2D eigenvalue weighted by Crippen LogP contribution is -2.32. The van der Waals surface area contributed by atoms with Crippen LogP contribution in [0.5, 0.6) is 0 Å². The molecule has 0 saturated carbocycles. The van der Waals surface area contributed by atoms with Crippen LogP contribution < -0.4 is 5.73 Å². The summed E-state index contributed by atoms with van der Waals surface area (Å²) in [6.07, 6.45) is 2.28. The number of unbranched alkanes of at least 4 members (excludes halogenated alkanes) is 1. The highest BCUT2D eigenvalue weighted by Gasteiger charge is 2.06. The first kappa shape index (κ1) is 19.8. The molecule has 1 unspecified atom stereocenters. The zero-order valence-electron chi connectivity index (χ0n) is 13.4. The maximum atomic E-state index is 5.86. The number of nitrogens with two attached hydrogens (primary N) is 1. The molecule has 20 heavy (non-hydrogen) atoms. The van der Waals surface area contributed by atoms with Gasteiger partial charge in [0.1, 0.15) is 0 Å². The van der Waals surface area contributed by atoms with E-state index in [4.69, 9.17) is 24.7 Å². The number of hydrogen-bond donors (Lipinski definition) is 1. The molecule has 5 heteroatoms. The number of hydrogen-bond acceptors (Lipinski definition) is 5. The lowest BCUT2D eigenvalue weighted by atomic mass is 10.1. The molecule has 0 heterocycles. The monoisotopic (exact) mass is 291 g/mol. The summed E-state index contributed by atoms with van der Waals surface area (Å²) in [6.45, 7) is 11.4. The summed E-state index contributed by atoms with van der Waals surface area (Å²) in [5, 5.41) is 0. The summed E-state index contributed by atoms with van der Waals surface area (Å²) in [5.41, 5.74) is 5.86. The fourth-order valence-electron chi connectivity index (χ4n) is 1.32. The molecule has 0 aliphatic carbocycles. The Morgan fingerprint density at radius 2 is 1.20 bits per heavy atom. The smallest absolute Gasteiger partial charge is 0.0701 e. The average Bonchev–Trinajstić information content (AvgIpc) is 2.43. The second-order valence-corrected chi connectivity index (χ2v) is 5.17. The molecule has 0 rings (SSSR count). The van der Waals surface area contributed by atoms with Crippen molar-refractivity contribution in [3.63, 3.8) is 0 Å². The fourth-order valence-corrected chi connectivity index (χ4v) is 1.32. The van der Waals surface area contributed by atoms with E-state index in [1.165, 1.54) is 6.42 Å². The van der Waals surface area contributed by atoms with E-state index >= 15 is 0 Å². The lowest BCUT2D eigenvalue weighted by molar-refractivity contribution is -0.00439. The maximum Gasteiger partial charge on any atom is 0.0701 e. The van der Waals surface area contributed by atoms with Gasteiger partial charge in [-0.1, -0.05) is 27.2 Å². The molecule has 0 spiro atoms. The Kier molecular flexibility index (Phi) is 15.0. The summed E-state index contributed by atoms with van der Waals surface area (Å²) in [6, 6.07) is 0.103. The van der Waals surface area contributed by atoms with Crippen molar-refractivity contribution in [2.24, 2.45) is 11.7 Å². The van der Waals surface area contributed by atoms with Crippen LogP contribution in [-0.4, -0.2) is 58.9 Å². The predicted molar refractivity (Wildman–Crippen MR) is 81.0 cm³/mol. The molecule has 1 atom stereocenters. The van der Waals surface area contributed by atoms with Gasteiger partial charge < -0.3 is 24.7 Å². The van der Waals surface area contributed by atoms with Crippen LogP contribution in [0.2, 0.25) is 0 Å². The zero-order valence-corrected chi connectivity index (χ0v) is 13.4. The molecule has 122 valence electrons. The van der Waals surface area contributed by atoms with Crippen molar-refractivity contribution < 1.29 is 18.9 Å². The van der Waals surface area contributed by atoms with Gasteiger partial charge in [-0.2, -0.15) is 0 Å². The third kappa shape index (κ3) is 14.2. The third-order valence-corrected chi connectivity index (χ3v) is 2.92. The van der Waals surface area contributed by atoms with E-state index in [0.29, 0.717) is 52.2 Å². The van der Waals surface area contributed by atoms with Gasteiger partial charge >= 0.3 is 0 Å². The molecule has 2 N–H and O–H groups in total. The Balaban J connectivity index is 3.03. The molecule has 0 aliphatic heterocycles. The van der Waals surface area contributed by atoms with Crippen molar-refractivity contribution in [2.75, 3.05) is 52.9 Å². The molecule has 5 nitrogen and oxygen atoms in total. The van der Waals surface area contributed by atoms with Gasteiger partial charge in [0, 0.05) is 12.6 Å². The standard InChI is InChI=1S/C15H33NO4/c1-4-5-6-17-7-8-18-9-10-19-11-12-20-13-15(16)14(2)3/h14-15H,4-13,16H2,1-3H3. The fraction of sp³-hybridized carbons (Fsp3) is 1.00. The summed E-state index contributed by atoms with van der Waals surface area (Å²) < 4.78 is 21.6. The van der Waals surface area contributed by atoms with Crippen LogP contribution in [0.3, 0.4) is 0 Å². The van der Waals surface area contributed by atoms with Crippen molar-refractivity contribution in [1.82, 2.24) is 0 Å². The Morgan fingerprint density at radius 3 is 1.65 bits per heavy atom. The van der Waals surface area contributed by atoms with E-state index in [9.17, 15) is 0 Å². The second-order valence-electron chi connectivity index (χ2n) is 5.17. The molecular formula is C15H33NO4. The van der Waals surface area contributed by atoms with Crippen molar-refractivity contribution >= 4 is 0 Å². The molecule has 0 aromatic rings. The minimum Gasteiger partial charge on any atom is -0.379 e. The minimum atomic E-state index is 0.103. The topological polar surface area (TPSA) is 62.9 Å². The number of rotatable bonds is 15. The molecule has 0 radical (unpaired) electrons.